The summed E-state index contributed by atoms with van der Waals surface area (Å²) in [6.07, 6.45) is 0. The molecular formula is C3H4N3S+. The highest BCUT2D eigenvalue weighted by Gasteiger charge is 2.17. The molecular weight excluding hydrogens is 110 g/mol. The number of amidine groups is 1. The average molecular weight is 114 g/mol. The van der Waals surface area contributed by atoms with Crippen molar-refractivity contribution >= 4 is 16.9 Å². The molecule has 4 heteroatoms. The van der Waals surface area contributed by atoms with E-state index in [0.29, 0.717) is 5.17 Å². The third kappa shape index (κ3) is 0.904. The Balaban J connectivity index is 2.57. The standard InChI is InChI=1S/C3H4N3S/c4-6-3-5-1-2-7-3/h1-2H2/q+1. The number of nitrogens with zero attached hydrogens (tertiary/aromatic N) is 3. The Kier molecular flexibility index (Phi) is 1.27. The molecule has 1 heterocycles. The normalized spacial score (nSPS) is 18.4. The quantitative estimate of drug-likeness (QED) is 0.440. The Morgan fingerprint density at radius 1 is 1.86 bits per heavy atom. The first-order valence-corrected chi connectivity index (χ1v) is 2.94. The van der Waals surface area contributed by atoms with Crippen molar-refractivity contribution in [3.63, 3.8) is 0 Å². The van der Waals surface area contributed by atoms with Crippen molar-refractivity contribution in [1.82, 2.24) is 0 Å². The van der Waals surface area contributed by atoms with Gasteiger partial charge in [0.25, 0.3) is 0 Å². The van der Waals surface area contributed by atoms with Gasteiger partial charge in [-0.3, -0.25) is 0 Å². The van der Waals surface area contributed by atoms with Crippen LogP contribution in [0.25, 0.3) is 4.98 Å². The molecule has 0 aromatic carbocycles. The number of thioether (sulfide) groups is 1. The maximum absolute atomic E-state index is 8.04. The van der Waals surface area contributed by atoms with Crippen LogP contribution in [-0.4, -0.2) is 17.5 Å². The highest BCUT2D eigenvalue weighted by atomic mass is 32.2. The molecule has 36 valence electrons. The smallest absolute Gasteiger partial charge is 0.0576 e. The second-order valence-electron chi connectivity index (χ2n) is 1.11. The Hall–Kier alpha value is -0.560. The summed E-state index contributed by atoms with van der Waals surface area (Å²) in [6, 6.07) is 0. The minimum Gasteiger partial charge on any atom is -0.0576 e. The van der Waals surface area contributed by atoms with Crippen molar-refractivity contribution in [3.8, 4) is 0 Å². The van der Waals surface area contributed by atoms with Crippen molar-refractivity contribution < 1.29 is 0 Å². The summed E-state index contributed by atoms with van der Waals surface area (Å²) < 4.78 is 0. The molecule has 1 rings (SSSR count). The summed E-state index contributed by atoms with van der Waals surface area (Å²) in [5.74, 6) is 0.958. The number of hydrogen-bond acceptors (Lipinski definition) is 3. The fraction of sp³-hybridized carbons (Fsp3) is 0.667. The van der Waals surface area contributed by atoms with Crippen molar-refractivity contribution in [2.75, 3.05) is 12.3 Å². The monoisotopic (exact) mass is 114 g/mol. The van der Waals surface area contributed by atoms with Gasteiger partial charge in [-0.2, -0.15) is 0 Å². The van der Waals surface area contributed by atoms with Crippen LogP contribution in [0.1, 0.15) is 0 Å². The fourth-order valence-corrected chi connectivity index (χ4v) is 0.990. The van der Waals surface area contributed by atoms with Gasteiger partial charge in [0.1, 0.15) is 6.54 Å². The summed E-state index contributed by atoms with van der Waals surface area (Å²) in [4.78, 5) is 6.72. The van der Waals surface area contributed by atoms with Crippen molar-refractivity contribution in [2.24, 2.45) is 4.99 Å². The second kappa shape index (κ2) is 1.94. The zero-order chi connectivity index (χ0) is 5.11. The van der Waals surface area contributed by atoms with Gasteiger partial charge < -0.3 is 0 Å². The maximum atomic E-state index is 8.04. The Morgan fingerprint density at radius 2 is 2.71 bits per heavy atom. The first kappa shape index (κ1) is 4.60. The van der Waals surface area contributed by atoms with Crippen LogP contribution < -0.4 is 0 Å². The molecule has 0 atom stereocenters. The second-order valence-corrected chi connectivity index (χ2v) is 2.17. The van der Waals surface area contributed by atoms with Crippen LogP contribution in [0.4, 0.5) is 0 Å². The Bertz CT molecular complexity index is 134. The Morgan fingerprint density at radius 3 is 3.00 bits per heavy atom. The van der Waals surface area contributed by atoms with Crippen LogP contribution >= 0.6 is 11.8 Å². The van der Waals surface area contributed by atoms with E-state index in [2.05, 4.69) is 9.97 Å². The first-order valence-electron chi connectivity index (χ1n) is 1.96. The van der Waals surface area contributed by atoms with Crippen LogP contribution in [-0.2, 0) is 0 Å². The van der Waals surface area contributed by atoms with Crippen molar-refractivity contribution in [1.29, 1.82) is 5.39 Å². The molecule has 3 nitrogen and oxygen atoms in total. The summed E-state index contributed by atoms with van der Waals surface area (Å²) in [7, 11) is 0. The molecule has 0 fully saturated rings. The summed E-state index contributed by atoms with van der Waals surface area (Å²) in [5, 5.41) is 8.55. The van der Waals surface area contributed by atoms with Crippen molar-refractivity contribution in [2.45, 2.75) is 0 Å². The van der Waals surface area contributed by atoms with E-state index in [1.165, 1.54) is 11.8 Å². The lowest BCUT2D eigenvalue weighted by molar-refractivity contribution is 1.17. The molecule has 0 bridgehead atoms. The van der Waals surface area contributed by atoms with Crippen LogP contribution in [0.3, 0.4) is 0 Å². The van der Waals surface area contributed by atoms with Gasteiger partial charge in [0.2, 0.25) is 0 Å². The van der Waals surface area contributed by atoms with Crippen LogP contribution in [0, 0.1) is 5.39 Å². The minimum atomic E-state index is 0.514. The minimum absolute atomic E-state index is 0.514. The van der Waals surface area contributed by atoms with E-state index in [1.54, 1.807) is 0 Å². The fourth-order valence-electron chi connectivity index (χ4n) is 0.384. The lowest BCUT2D eigenvalue weighted by atomic mass is 10.8. The molecule has 0 aromatic heterocycles. The van der Waals surface area contributed by atoms with E-state index < -0.39 is 0 Å². The van der Waals surface area contributed by atoms with Crippen LogP contribution in [0.15, 0.2) is 4.99 Å². The lowest BCUT2D eigenvalue weighted by Crippen LogP contribution is -1.70. The molecule has 0 N–H and O–H groups in total. The number of rotatable bonds is 0. The van der Waals surface area contributed by atoms with E-state index in [-0.39, 0.29) is 0 Å². The van der Waals surface area contributed by atoms with Gasteiger partial charge in [0.05, 0.1) is 5.39 Å². The van der Waals surface area contributed by atoms with Gasteiger partial charge in [0, 0.05) is 10.7 Å². The lowest BCUT2D eigenvalue weighted by Gasteiger charge is -1.62. The molecule has 7 heavy (non-hydrogen) atoms. The highest BCUT2D eigenvalue weighted by molar-refractivity contribution is 8.14. The van der Waals surface area contributed by atoms with Gasteiger partial charge in [-0.15, -0.1) is 0 Å². The molecule has 1 aliphatic rings. The summed E-state index contributed by atoms with van der Waals surface area (Å²) in [6.45, 7) is 0.796. The predicted molar refractivity (Wildman–Crippen MR) is 29.8 cm³/mol. The SMILES string of the molecule is N#[N+]C1=NCCS1. The molecule has 0 aromatic rings. The van der Waals surface area contributed by atoms with Crippen LogP contribution in [0.2, 0.25) is 0 Å². The van der Waals surface area contributed by atoms with Gasteiger partial charge in [-0.25, -0.2) is 0 Å². The molecule has 0 saturated heterocycles. The van der Waals surface area contributed by atoms with Gasteiger partial charge in [-0.05, 0) is 11.8 Å². The van der Waals surface area contributed by atoms with E-state index in [1.807, 2.05) is 0 Å². The molecule has 0 saturated carbocycles. The van der Waals surface area contributed by atoms with Gasteiger partial charge in [-0.1, -0.05) is 4.99 Å². The van der Waals surface area contributed by atoms with E-state index in [9.17, 15) is 0 Å². The third-order valence-corrected chi connectivity index (χ3v) is 1.51. The topological polar surface area (TPSA) is 40.5 Å². The summed E-state index contributed by atoms with van der Waals surface area (Å²) >= 11 is 1.48. The predicted octanol–water partition coefficient (Wildman–Crippen LogP) is 0.942. The molecule has 1 aliphatic heterocycles. The number of hydrogen-bond donors (Lipinski definition) is 0. The third-order valence-electron chi connectivity index (χ3n) is 0.655. The van der Waals surface area contributed by atoms with E-state index in [0.717, 1.165) is 12.3 Å². The van der Waals surface area contributed by atoms with Gasteiger partial charge >= 0.3 is 5.17 Å². The maximum Gasteiger partial charge on any atom is 0.495 e. The first-order chi connectivity index (χ1) is 3.43. The molecule has 0 spiro atoms. The average Bonchev–Trinajstić information content (AvgIpc) is 2.14. The molecule has 0 unspecified atom stereocenters. The summed E-state index contributed by atoms with van der Waals surface area (Å²) in [5.41, 5.74) is 0. The highest BCUT2D eigenvalue weighted by Crippen LogP contribution is 2.11. The van der Waals surface area contributed by atoms with E-state index in [4.69, 9.17) is 5.39 Å². The van der Waals surface area contributed by atoms with Crippen LogP contribution in [0.5, 0.6) is 0 Å². The van der Waals surface area contributed by atoms with E-state index >= 15 is 0 Å². The number of aliphatic imine (C=N–C) groups is 1. The molecule has 0 amide bonds. The molecule has 0 aliphatic carbocycles. The van der Waals surface area contributed by atoms with Gasteiger partial charge in [0.15, 0.2) is 0 Å². The van der Waals surface area contributed by atoms with Crippen molar-refractivity contribution in [3.05, 3.63) is 4.98 Å². The largest absolute Gasteiger partial charge is 0.495 e. The molecule has 0 radical (unpaired) electrons. The Labute approximate surface area is 45.4 Å². The zero-order valence-electron chi connectivity index (χ0n) is 3.66. The number of diazo groups is 1. The zero-order valence-corrected chi connectivity index (χ0v) is 4.48.